The van der Waals surface area contributed by atoms with Gasteiger partial charge < -0.3 is 14.6 Å². The van der Waals surface area contributed by atoms with Crippen molar-refractivity contribution >= 4 is 29.3 Å². The molecule has 9 nitrogen and oxygen atoms in total. The number of nitrogens with one attached hydrogen (secondary N) is 1. The summed E-state index contributed by atoms with van der Waals surface area (Å²) in [6.07, 6.45) is 1.18. The number of rotatable bonds is 9. The number of carbonyl (C=O) groups excluding carboxylic acids is 2. The smallest absolute Gasteiger partial charge is 0.349 e. The molecule has 33 heavy (non-hydrogen) atoms. The van der Waals surface area contributed by atoms with Gasteiger partial charge in [-0.2, -0.15) is 5.26 Å². The van der Waals surface area contributed by atoms with E-state index >= 15 is 0 Å². The van der Waals surface area contributed by atoms with E-state index in [2.05, 4.69) is 23.7 Å². The molecule has 1 unspecified atom stereocenters. The van der Waals surface area contributed by atoms with Gasteiger partial charge in [0, 0.05) is 24.0 Å². The highest BCUT2D eigenvalue weighted by molar-refractivity contribution is 6.01. The molecule has 0 aliphatic carbocycles. The fourth-order valence-electron chi connectivity index (χ4n) is 3.25. The van der Waals surface area contributed by atoms with E-state index in [-0.39, 0.29) is 16.9 Å². The van der Waals surface area contributed by atoms with Gasteiger partial charge in [0.2, 0.25) is 0 Å². The van der Waals surface area contributed by atoms with E-state index in [4.69, 9.17) is 4.74 Å². The van der Waals surface area contributed by atoms with Crippen LogP contribution in [-0.4, -0.2) is 27.5 Å². The predicted molar refractivity (Wildman–Crippen MR) is 124 cm³/mol. The van der Waals surface area contributed by atoms with Crippen LogP contribution in [0.5, 0.6) is 0 Å². The van der Waals surface area contributed by atoms with Crippen molar-refractivity contribution in [2.24, 2.45) is 5.92 Å². The molecule has 1 aromatic carbocycles. The molecule has 0 bridgehead atoms. The number of ether oxygens (including phenoxy) is 1. The number of carbonyl (C=O) groups is 2. The van der Waals surface area contributed by atoms with Crippen LogP contribution in [-0.2, 0) is 20.9 Å². The molecule has 0 aliphatic heterocycles. The van der Waals surface area contributed by atoms with Crippen LogP contribution in [0.1, 0.15) is 44.1 Å². The normalized spacial score (nSPS) is 12.2. The van der Waals surface area contributed by atoms with Crippen LogP contribution in [0.2, 0.25) is 0 Å². The van der Waals surface area contributed by atoms with Gasteiger partial charge in [0.25, 0.3) is 11.6 Å². The zero-order valence-corrected chi connectivity index (χ0v) is 19.4. The summed E-state index contributed by atoms with van der Waals surface area (Å²) in [6, 6.07) is 9.36. The molecule has 1 amide bonds. The Bertz CT molecular complexity index is 1120. The van der Waals surface area contributed by atoms with Crippen molar-refractivity contribution in [1.82, 2.24) is 4.57 Å². The molecule has 2 rings (SSSR count). The average molecular weight is 453 g/mol. The number of para-hydroxylation sites is 2. The maximum Gasteiger partial charge on any atom is 0.349 e. The van der Waals surface area contributed by atoms with Crippen molar-refractivity contribution in [3.63, 3.8) is 0 Å². The van der Waals surface area contributed by atoms with Crippen molar-refractivity contribution in [3.8, 4) is 6.07 Å². The largest absolute Gasteiger partial charge is 0.448 e. The SMILES string of the molecule is Cc1cc(/C=C(\C#N)C(=O)OC(C)C(=O)Nc2ccccc2[N+](=O)[O-])c(C)n1CCC(C)C. The highest BCUT2D eigenvalue weighted by Gasteiger charge is 2.23. The third kappa shape index (κ3) is 6.53. The van der Waals surface area contributed by atoms with Gasteiger partial charge in [0.15, 0.2) is 6.10 Å². The van der Waals surface area contributed by atoms with Crippen LogP contribution in [0.3, 0.4) is 0 Å². The third-order valence-corrected chi connectivity index (χ3v) is 5.19. The number of esters is 1. The Balaban J connectivity index is 2.14. The first kappa shape index (κ1) is 25.3. The summed E-state index contributed by atoms with van der Waals surface area (Å²) in [5.41, 5.74) is 2.12. The molecule has 9 heteroatoms. The minimum absolute atomic E-state index is 0.0136. The van der Waals surface area contributed by atoms with Gasteiger partial charge in [0.05, 0.1) is 4.92 Å². The predicted octanol–water partition coefficient (Wildman–Crippen LogP) is 4.54. The second-order valence-electron chi connectivity index (χ2n) is 8.14. The summed E-state index contributed by atoms with van der Waals surface area (Å²) < 4.78 is 7.28. The molecule has 1 atom stereocenters. The highest BCUT2D eigenvalue weighted by Crippen LogP contribution is 2.24. The Hall–Kier alpha value is -3.93. The molecule has 0 fully saturated rings. The molecule has 2 aromatic rings. The lowest BCUT2D eigenvalue weighted by molar-refractivity contribution is -0.383. The van der Waals surface area contributed by atoms with Crippen molar-refractivity contribution in [1.29, 1.82) is 5.26 Å². The van der Waals surface area contributed by atoms with Crippen molar-refractivity contribution < 1.29 is 19.2 Å². The fraction of sp³-hybridized carbons (Fsp3) is 0.375. The van der Waals surface area contributed by atoms with E-state index in [0.717, 1.165) is 29.9 Å². The maximum absolute atomic E-state index is 12.5. The summed E-state index contributed by atoms with van der Waals surface area (Å²) in [6.45, 7) is 10.3. The van der Waals surface area contributed by atoms with Crippen LogP contribution < -0.4 is 5.32 Å². The van der Waals surface area contributed by atoms with Gasteiger partial charge in [0.1, 0.15) is 17.3 Å². The maximum atomic E-state index is 12.5. The standard InChI is InChI=1S/C24H28N4O5/c1-15(2)10-11-27-16(3)12-19(17(27)4)13-20(14-25)24(30)33-18(5)23(29)26-21-8-6-7-9-22(21)28(31)32/h6-9,12-13,15,18H,10-11H2,1-5H3,(H,26,29)/b20-13+. The number of hydrogen-bond acceptors (Lipinski definition) is 6. The summed E-state index contributed by atoms with van der Waals surface area (Å²) in [5, 5.41) is 23.0. The molecule has 174 valence electrons. The molecule has 0 radical (unpaired) electrons. The first-order chi connectivity index (χ1) is 15.5. The molecule has 0 saturated carbocycles. The Labute approximate surface area is 192 Å². The third-order valence-electron chi connectivity index (χ3n) is 5.19. The molecule has 0 saturated heterocycles. The fourth-order valence-corrected chi connectivity index (χ4v) is 3.25. The number of aromatic nitrogens is 1. The lowest BCUT2D eigenvalue weighted by atomic mass is 10.1. The first-order valence-electron chi connectivity index (χ1n) is 10.6. The van der Waals surface area contributed by atoms with Gasteiger partial charge in [-0.25, -0.2) is 4.79 Å². The molecule has 1 heterocycles. The Morgan fingerprint density at radius 3 is 2.55 bits per heavy atom. The van der Waals surface area contributed by atoms with Gasteiger partial charge in [-0.05, 0) is 56.9 Å². The van der Waals surface area contributed by atoms with Gasteiger partial charge in [-0.3, -0.25) is 14.9 Å². The van der Waals surface area contributed by atoms with E-state index in [1.54, 1.807) is 0 Å². The second kappa shape index (κ2) is 11.1. The molecular formula is C24H28N4O5. The number of nitro groups is 1. The zero-order valence-electron chi connectivity index (χ0n) is 19.4. The number of aryl methyl sites for hydroxylation is 1. The number of nitro benzene ring substituents is 1. The minimum atomic E-state index is -1.27. The van der Waals surface area contributed by atoms with E-state index in [9.17, 15) is 25.0 Å². The van der Waals surface area contributed by atoms with E-state index in [1.165, 1.54) is 37.3 Å². The van der Waals surface area contributed by atoms with Gasteiger partial charge >= 0.3 is 5.97 Å². The van der Waals surface area contributed by atoms with Gasteiger partial charge in [-0.1, -0.05) is 26.0 Å². The number of anilines is 1. The minimum Gasteiger partial charge on any atom is -0.448 e. The molecule has 0 aliphatic rings. The topological polar surface area (TPSA) is 127 Å². The summed E-state index contributed by atoms with van der Waals surface area (Å²) >= 11 is 0. The van der Waals surface area contributed by atoms with Crippen LogP contribution >= 0.6 is 0 Å². The quantitative estimate of drug-likeness (QED) is 0.196. The van der Waals surface area contributed by atoms with Crippen molar-refractivity contribution in [3.05, 3.63) is 63.0 Å². The lowest BCUT2D eigenvalue weighted by Crippen LogP contribution is -2.30. The summed E-state index contributed by atoms with van der Waals surface area (Å²) in [4.78, 5) is 35.4. The summed E-state index contributed by atoms with van der Waals surface area (Å²) in [5.74, 6) is -1.16. The summed E-state index contributed by atoms with van der Waals surface area (Å²) in [7, 11) is 0. The zero-order chi connectivity index (χ0) is 24.7. The number of nitrogens with zero attached hydrogens (tertiary/aromatic N) is 3. The van der Waals surface area contributed by atoms with Crippen molar-refractivity contribution in [2.45, 2.75) is 53.7 Å². The van der Waals surface area contributed by atoms with Gasteiger partial charge in [-0.15, -0.1) is 0 Å². The number of hydrogen-bond donors (Lipinski definition) is 1. The first-order valence-corrected chi connectivity index (χ1v) is 10.6. The average Bonchev–Trinajstić information content (AvgIpc) is 3.02. The molecular weight excluding hydrogens is 424 g/mol. The Morgan fingerprint density at radius 2 is 1.94 bits per heavy atom. The number of amides is 1. The van der Waals surface area contributed by atoms with E-state index < -0.39 is 22.9 Å². The van der Waals surface area contributed by atoms with Crippen LogP contribution in [0.15, 0.2) is 35.9 Å². The Morgan fingerprint density at radius 1 is 1.27 bits per heavy atom. The molecule has 1 aromatic heterocycles. The number of benzene rings is 1. The molecule has 0 spiro atoms. The molecule has 1 N–H and O–H groups in total. The van der Waals surface area contributed by atoms with E-state index in [0.29, 0.717) is 5.92 Å². The number of nitriles is 1. The second-order valence-corrected chi connectivity index (χ2v) is 8.14. The Kier molecular flexibility index (Phi) is 8.51. The van der Waals surface area contributed by atoms with E-state index in [1.807, 2.05) is 26.0 Å². The highest BCUT2D eigenvalue weighted by atomic mass is 16.6. The van der Waals surface area contributed by atoms with Crippen LogP contribution in [0, 0.1) is 41.2 Å². The monoisotopic (exact) mass is 452 g/mol. The van der Waals surface area contributed by atoms with Crippen LogP contribution in [0.25, 0.3) is 6.08 Å². The van der Waals surface area contributed by atoms with Crippen LogP contribution in [0.4, 0.5) is 11.4 Å². The van der Waals surface area contributed by atoms with Crippen molar-refractivity contribution in [2.75, 3.05) is 5.32 Å². The lowest BCUT2D eigenvalue weighted by Gasteiger charge is -2.13.